The number of hydrogen-bond donors (Lipinski definition) is 2. The molecule has 1 rings (SSSR count). The fraction of sp³-hybridized carbons (Fsp3) is 0.533. The first-order valence-corrected chi connectivity index (χ1v) is 6.67. The van der Waals surface area contributed by atoms with Crippen LogP contribution in [0.15, 0.2) is 24.3 Å². The third-order valence-electron chi connectivity index (χ3n) is 3.14. The van der Waals surface area contributed by atoms with Gasteiger partial charge in [0.2, 0.25) is 5.91 Å². The summed E-state index contributed by atoms with van der Waals surface area (Å²) in [6.07, 6.45) is 2.81. The van der Waals surface area contributed by atoms with Crippen molar-refractivity contribution in [3.63, 3.8) is 0 Å². The van der Waals surface area contributed by atoms with Crippen molar-refractivity contribution in [1.82, 2.24) is 5.32 Å². The molecular formula is C15H24N2O. The fourth-order valence-corrected chi connectivity index (χ4v) is 1.81. The molecule has 0 radical (unpaired) electrons. The Balaban J connectivity index is 2.51. The topological polar surface area (TPSA) is 55.1 Å². The zero-order valence-electron chi connectivity index (χ0n) is 11.6. The lowest BCUT2D eigenvalue weighted by atomic mass is 10.1. The maximum atomic E-state index is 11.9. The van der Waals surface area contributed by atoms with Gasteiger partial charge in [0.15, 0.2) is 0 Å². The Morgan fingerprint density at radius 1 is 1.33 bits per heavy atom. The summed E-state index contributed by atoms with van der Waals surface area (Å²) in [5.41, 5.74) is 8.17. The number of hydrogen-bond acceptors (Lipinski definition) is 2. The molecule has 3 nitrogen and oxygen atoms in total. The quantitative estimate of drug-likeness (QED) is 0.813. The fourth-order valence-electron chi connectivity index (χ4n) is 1.81. The van der Waals surface area contributed by atoms with Crippen LogP contribution in [0.3, 0.4) is 0 Å². The molecule has 0 bridgehead atoms. The van der Waals surface area contributed by atoms with Crippen molar-refractivity contribution in [2.24, 2.45) is 5.73 Å². The minimum Gasteiger partial charge on any atom is -0.348 e. The summed E-state index contributed by atoms with van der Waals surface area (Å²) in [5, 5.41) is 2.96. The van der Waals surface area contributed by atoms with Crippen molar-refractivity contribution >= 4 is 5.91 Å². The predicted octanol–water partition coefficient (Wildman–Crippen LogP) is 2.69. The molecule has 1 amide bonds. The Morgan fingerprint density at radius 3 is 2.50 bits per heavy atom. The van der Waals surface area contributed by atoms with Crippen molar-refractivity contribution in [2.45, 2.75) is 52.1 Å². The molecule has 0 heterocycles. The number of benzene rings is 1. The average molecular weight is 248 g/mol. The molecule has 18 heavy (non-hydrogen) atoms. The second-order valence-electron chi connectivity index (χ2n) is 4.89. The Morgan fingerprint density at radius 2 is 1.94 bits per heavy atom. The third kappa shape index (κ3) is 4.49. The highest BCUT2D eigenvalue weighted by Crippen LogP contribution is 2.13. The third-order valence-corrected chi connectivity index (χ3v) is 3.14. The van der Waals surface area contributed by atoms with Crippen LogP contribution in [0.5, 0.6) is 0 Å². The molecule has 0 aliphatic carbocycles. The van der Waals surface area contributed by atoms with Gasteiger partial charge in [-0.2, -0.15) is 0 Å². The van der Waals surface area contributed by atoms with Crippen LogP contribution < -0.4 is 11.1 Å². The van der Waals surface area contributed by atoms with Crippen LogP contribution in [0.4, 0.5) is 0 Å². The van der Waals surface area contributed by atoms with Crippen LogP contribution in [0.2, 0.25) is 0 Å². The first-order valence-electron chi connectivity index (χ1n) is 6.67. The van der Waals surface area contributed by atoms with Crippen molar-refractivity contribution in [2.75, 3.05) is 0 Å². The molecule has 1 aromatic carbocycles. The van der Waals surface area contributed by atoms with Gasteiger partial charge >= 0.3 is 0 Å². The molecule has 0 saturated heterocycles. The number of amides is 1. The number of unbranched alkanes of at least 4 members (excludes halogenated alkanes) is 1. The lowest BCUT2D eigenvalue weighted by Gasteiger charge is -2.18. The molecule has 0 saturated carbocycles. The highest BCUT2D eigenvalue weighted by atomic mass is 16.2. The maximum Gasteiger partial charge on any atom is 0.237 e. The number of carbonyl (C=O) groups excluding carboxylic acids is 1. The molecule has 3 N–H and O–H groups in total. The summed E-state index contributed by atoms with van der Waals surface area (Å²) in [7, 11) is 0. The molecular weight excluding hydrogens is 224 g/mol. The van der Waals surface area contributed by atoms with Gasteiger partial charge < -0.3 is 11.1 Å². The summed E-state index contributed by atoms with van der Waals surface area (Å²) in [6, 6.07) is 7.79. The van der Waals surface area contributed by atoms with Gasteiger partial charge in [0.25, 0.3) is 0 Å². The van der Waals surface area contributed by atoms with Gasteiger partial charge in [0.05, 0.1) is 12.1 Å². The van der Waals surface area contributed by atoms with Gasteiger partial charge in [-0.05, 0) is 25.8 Å². The van der Waals surface area contributed by atoms with E-state index < -0.39 is 6.04 Å². The van der Waals surface area contributed by atoms with Crippen molar-refractivity contribution in [3.05, 3.63) is 35.4 Å². The molecule has 0 unspecified atom stereocenters. The minimum atomic E-state index is -0.391. The Kier molecular flexibility index (Phi) is 5.86. The van der Waals surface area contributed by atoms with Crippen LogP contribution >= 0.6 is 0 Å². The first kappa shape index (κ1) is 14.7. The molecule has 3 heteroatoms. The lowest BCUT2D eigenvalue weighted by Crippen LogP contribution is -2.41. The molecule has 0 aliphatic rings. The maximum absolute atomic E-state index is 11.9. The van der Waals surface area contributed by atoms with E-state index in [9.17, 15) is 4.79 Å². The van der Waals surface area contributed by atoms with Crippen LogP contribution in [0.1, 0.15) is 50.3 Å². The number of aryl methyl sites for hydroxylation is 1. The van der Waals surface area contributed by atoms with Crippen molar-refractivity contribution in [3.8, 4) is 0 Å². The van der Waals surface area contributed by atoms with Gasteiger partial charge in [-0.15, -0.1) is 0 Å². The van der Waals surface area contributed by atoms with Gasteiger partial charge in [-0.3, -0.25) is 4.79 Å². The van der Waals surface area contributed by atoms with Gasteiger partial charge in [0, 0.05) is 0 Å². The van der Waals surface area contributed by atoms with E-state index >= 15 is 0 Å². The molecule has 0 spiro atoms. The second-order valence-corrected chi connectivity index (χ2v) is 4.89. The first-order chi connectivity index (χ1) is 8.54. The van der Waals surface area contributed by atoms with E-state index in [1.54, 1.807) is 0 Å². The van der Waals surface area contributed by atoms with Crippen LogP contribution in [0.25, 0.3) is 0 Å². The van der Waals surface area contributed by atoms with E-state index in [2.05, 4.69) is 24.4 Å². The van der Waals surface area contributed by atoms with E-state index in [0.717, 1.165) is 24.8 Å². The number of carbonyl (C=O) groups is 1. The monoisotopic (exact) mass is 248 g/mol. The Labute approximate surface area is 110 Å². The standard InChI is InChI=1S/C15H24N2O/c1-4-5-6-14(16)15(18)17-12(3)13-9-7-11(2)8-10-13/h7-10,12,14H,4-6,16H2,1-3H3,(H,17,18)/t12-,14+/m1/s1. The smallest absolute Gasteiger partial charge is 0.237 e. The van der Waals surface area contributed by atoms with Gasteiger partial charge in [-0.25, -0.2) is 0 Å². The average Bonchev–Trinajstić information content (AvgIpc) is 2.36. The van der Waals surface area contributed by atoms with Crippen LogP contribution in [-0.4, -0.2) is 11.9 Å². The van der Waals surface area contributed by atoms with E-state index in [4.69, 9.17) is 5.73 Å². The van der Waals surface area contributed by atoms with Crippen LogP contribution in [-0.2, 0) is 4.79 Å². The largest absolute Gasteiger partial charge is 0.348 e. The molecule has 1 aromatic rings. The summed E-state index contributed by atoms with van der Waals surface area (Å²) in [4.78, 5) is 11.9. The minimum absolute atomic E-state index is 0.00535. The Bertz CT molecular complexity index is 373. The molecule has 0 aromatic heterocycles. The van der Waals surface area contributed by atoms with E-state index in [-0.39, 0.29) is 11.9 Å². The SMILES string of the molecule is CCCC[C@H](N)C(=O)N[C@H](C)c1ccc(C)cc1. The van der Waals surface area contributed by atoms with Crippen LogP contribution in [0, 0.1) is 6.92 Å². The highest BCUT2D eigenvalue weighted by Gasteiger charge is 2.15. The zero-order valence-corrected chi connectivity index (χ0v) is 11.6. The van der Waals surface area contributed by atoms with Crippen molar-refractivity contribution in [1.29, 1.82) is 0 Å². The molecule has 100 valence electrons. The molecule has 2 atom stereocenters. The molecule has 0 fully saturated rings. The summed E-state index contributed by atoms with van der Waals surface area (Å²) in [6.45, 7) is 6.13. The lowest BCUT2D eigenvalue weighted by molar-refractivity contribution is -0.123. The second kappa shape index (κ2) is 7.17. The highest BCUT2D eigenvalue weighted by molar-refractivity contribution is 5.81. The summed E-state index contributed by atoms with van der Waals surface area (Å²) < 4.78 is 0. The summed E-state index contributed by atoms with van der Waals surface area (Å²) >= 11 is 0. The van der Waals surface area contributed by atoms with E-state index in [0.29, 0.717) is 0 Å². The Hall–Kier alpha value is -1.35. The number of nitrogens with two attached hydrogens (primary N) is 1. The number of nitrogens with one attached hydrogen (secondary N) is 1. The number of rotatable bonds is 6. The van der Waals surface area contributed by atoms with Gasteiger partial charge in [-0.1, -0.05) is 49.6 Å². The zero-order chi connectivity index (χ0) is 13.5. The normalized spacial score (nSPS) is 14.0. The summed E-state index contributed by atoms with van der Waals surface area (Å²) in [5.74, 6) is -0.0588. The molecule has 0 aliphatic heterocycles. The predicted molar refractivity (Wildman–Crippen MR) is 75.2 cm³/mol. The van der Waals surface area contributed by atoms with E-state index in [1.807, 2.05) is 26.0 Å². The van der Waals surface area contributed by atoms with Gasteiger partial charge in [0.1, 0.15) is 0 Å². The van der Waals surface area contributed by atoms with Crippen molar-refractivity contribution < 1.29 is 4.79 Å². The van der Waals surface area contributed by atoms with E-state index in [1.165, 1.54) is 5.56 Å².